The van der Waals surface area contributed by atoms with E-state index in [0.717, 1.165) is 34.8 Å². The summed E-state index contributed by atoms with van der Waals surface area (Å²) in [5, 5.41) is 7.44. The number of aromatic nitrogens is 1. The van der Waals surface area contributed by atoms with Crippen molar-refractivity contribution in [1.29, 1.82) is 0 Å². The molecule has 0 saturated heterocycles. The van der Waals surface area contributed by atoms with Crippen LogP contribution in [-0.4, -0.2) is 24.0 Å². The van der Waals surface area contributed by atoms with E-state index < -0.39 is 11.7 Å². The van der Waals surface area contributed by atoms with Gasteiger partial charge in [-0.2, -0.15) is 13.2 Å². The molecule has 26 heavy (non-hydrogen) atoms. The predicted octanol–water partition coefficient (Wildman–Crippen LogP) is 4.08. The zero-order chi connectivity index (χ0) is 19.2. The van der Waals surface area contributed by atoms with Crippen LogP contribution >= 0.6 is 11.3 Å². The summed E-state index contributed by atoms with van der Waals surface area (Å²) in [6.07, 6.45) is -3.52. The van der Waals surface area contributed by atoms with Gasteiger partial charge in [0.25, 0.3) is 0 Å². The first-order valence-electron chi connectivity index (χ1n) is 8.40. The molecular weight excluding hydrogens is 361 g/mol. The Morgan fingerprint density at radius 3 is 2.38 bits per heavy atom. The Morgan fingerprint density at radius 1 is 1.15 bits per heavy atom. The second-order valence-corrected chi connectivity index (χ2v) is 7.10. The Balaban J connectivity index is 1.91. The van der Waals surface area contributed by atoms with Gasteiger partial charge in [-0.3, -0.25) is 0 Å². The van der Waals surface area contributed by atoms with Gasteiger partial charge in [-0.05, 0) is 38.5 Å². The van der Waals surface area contributed by atoms with Crippen molar-refractivity contribution in [2.45, 2.75) is 39.9 Å². The number of aliphatic imine (C=N–C) groups is 1. The van der Waals surface area contributed by atoms with Crippen LogP contribution in [0.3, 0.4) is 0 Å². The van der Waals surface area contributed by atoms with E-state index in [-0.39, 0.29) is 0 Å². The van der Waals surface area contributed by atoms with Crippen LogP contribution in [0, 0.1) is 13.8 Å². The van der Waals surface area contributed by atoms with Crippen LogP contribution in [0.4, 0.5) is 13.2 Å². The van der Waals surface area contributed by atoms with E-state index in [1.54, 1.807) is 11.3 Å². The van der Waals surface area contributed by atoms with E-state index in [0.29, 0.717) is 25.6 Å². The van der Waals surface area contributed by atoms with Crippen LogP contribution in [0.5, 0.6) is 0 Å². The molecule has 0 aliphatic heterocycles. The van der Waals surface area contributed by atoms with Crippen LogP contribution in [-0.2, 0) is 19.1 Å². The molecule has 2 aromatic rings. The topological polar surface area (TPSA) is 49.3 Å². The van der Waals surface area contributed by atoms with Crippen molar-refractivity contribution in [2.24, 2.45) is 4.99 Å². The number of nitrogens with one attached hydrogen (secondary N) is 2. The maximum Gasteiger partial charge on any atom is 0.416 e. The molecule has 0 aliphatic rings. The first-order chi connectivity index (χ1) is 12.3. The highest BCUT2D eigenvalue weighted by Crippen LogP contribution is 2.29. The maximum absolute atomic E-state index is 12.6. The normalized spacial score (nSPS) is 12.3. The van der Waals surface area contributed by atoms with Crippen LogP contribution in [0.1, 0.15) is 33.6 Å². The van der Waals surface area contributed by atoms with E-state index in [4.69, 9.17) is 0 Å². The highest BCUT2D eigenvalue weighted by molar-refractivity contribution is 7.11. The fourth-order valence-electron chi connectivity index (χ4n) is 2.25. The Hall–Kier alpha value is -2.09. The molecule has 1 aromatic carbocycles. The van der Waals surface area contributed by atoms with Crippen molar-refractivity contribution in [1.82, 2.24) is 15.6 Å². The number of benzene rings is 1. The summed E-state index contributed by atoms with van der Waals surface area (Å²) in [4.78, 5) is 10.2. The predicted molar refractivity (Wildman–Crippen MR) is 99.6 cm³/mol. The summed E-state index contributed by atoms with van der Waals surface area (Å²) in [7, 11) is 0. The molecule has 2 N–H and O–H groups in total. The lowest BCUT2D eigenvalue weighted by atomic mass is 10.1. The Kier molecular flexibility index (Phi) is 7.02. The number of nitrogens with zero attached hydrogens (tertiary/aromatic N) is 2. The average Bonchev–Trinajstić information content (AvgIpc) is 2.90. The number of hydrogen-bond acceptors (Lipinski definition) is 3. The SMILES string of the molecule is CCNC(=NCc1ccc(C(F)(F)F)cc1)NCCc1nc(C)c(C)s1. The second kappa shape index (κ2) is 9.02. The van der Waals surface area contributed by atoms with Crippen molar-refractivity contribution >= 4 is 17.3 Å². The van der Waals surface area contributed by atoms with Crippen LogP contribution in [0.25, 0.3) is 0 Å². The van der Waals surface area contributed by atoms with Gasteiger partial charge in [0.2, 0.25) is 0 Å². The molecule has 2 rings (SSSR count). The third kappa shape index (κ3) is 6.01. The number of guanidine groups is 1. The lowest BCUT2D eigenvalue weighted by Crippen LogP contribution is -2.38. The summed E-state index contributed by atoms with van der Waals surface area (Å²) >= 11 is 1.69. The summed E-state index contributed by atoms with van der Waals surface area (Å²) < 4.78 is 37.8. The fraction of sp³-hybridized carbons (Fsp3) is 0.444. The lowest BCUT2D eigenvalue weighted by Gasteiger charge is -2.11. The van der Waals surface area contributed by atoms with E-state index in [2.05, 4.69) is 27.5 Å². The molecule has 0 spiro atoms. The number of halogens is 3. The molecule has 4 nitrogen and oxygen atoms in total. The van der Waals surface area contributed by atoms with Crippen molar-refractivity contribution in [2.75, 3.05) is 13.1 Å². The smallest absolute Gasteiger partial charge is 0.357 e. The molecule has 0 atom stereocenters. The summed E-state index contributed by atoms with van der Waals surface area (Å²) in [6.45, 7) is 7.71. The second-order valence-electron chi connectivity index (χ2n) is 5.82. The minimum atomic E-state index is -4.31. The third-order valence-electron chi connectivity index (χ3n) is 3.75. The van der Waals surface area contributed by atoms with Gasteiger partial charge in [0.05, 0.1) is 22.8 Å². The van der Waals surface area contributed by atoms with Gasteiger partial charge in [-0.15, -0.1) is 11.3 Å². The molecule has 0 radical (unpaired) electrons. The van der Waals surface area contributed by atoms with Gasteiger partial charge in [-0.25, -0.2) is 9.98 Å². The largest absolute Gasteiger partial charge is 0.416 e. The van der Waals surface area contributed by atoms with E-state index >= 15 is 0 Å². The summed E-state index contributed by atoms with van der Waals surface area (Å²) in [5.74, 6) is 0.636. The Morgan fingerprint density at radius 2 is 1.85 bits per heavy atom. The molecule has 0 saturated carbocycles. The standard InChI is InChI=1S/C18H23F3N4S/c1-4-22-17(23-10-9-16-25-12(2)13(3)26-16)24-11-14-5-7-15(8-6-14)18(19,20)21/h5-8H,4,9-11H2,1-3H3,(H2,22,23,24). The lowest BCUT2D eigenvalue weighted by molar-refractivity contribution is -0.137. The van der Waals surface area contributed by atoms with Crippen molar-refractivity contribution in [3.8, 4) is 0 Å². The number of alkyl halides is 3. The van der Waals surface area contributed by atoms with Gasteiger partial charge < -0.3 is 10.6 Å². The third-order valence-corrected chi connectivity index (χ3v) is 4.88. The van der Waals surface area contributed by atoms with Gasteiger partial charge >= 0.3 is 6.18 Å². The fourth-order valence-corrected chi connectivity index (χ4v) is 3.18. The van der Waals surface area contributed by atoms with Crippen molar-refractivity contribution in [3.05, 3.63) is 51.0 Å². The minimum absolute atomic E-state index is 0.308. The highest BCUT2D eigenvalue weighted by atomic mass is 32.1. The average molecular weight is 384 g/mol. The summed E-state index contributed by atoms with van der Waals surface area (Å²) in [6, 6.07) is 5.07. The molecule has 0 fully saturated rings. The van der Waals surface area contributed by atoms with Gasteiger partial charge in [0.15, 0.2) is 5.96 Å². The van der Waals surface area contributed by atoms with E-state index in [1.807, 2.05) is 13.8 Å². The summed E-state index contributed by atoms with van der Waals surface area (Å²) in [5.41, 5.74) is 1.14. The zero-order valence-corrected chi connectivity index (χ0v) is 15.9. The van der Waals surface area contributed by atoms with Gasteiger partial charge in [0.1, 0.15) is 0 Å². The molecule has 142 valence electrons. The Labute approximate surface area is 155 Å². The first-order valence-corrected chi connectivity index (χ1v) is 9.22. The van der Waals surface area contributed by atoms with Gasteiger partial charge in [0, 0.05) is 24.4 Å². The molecule has 0 amide bonds. The van der Waals surface area contributed by atoms with Gasteiger partial charge in [-0.1, -0.05) is 12.1 Å². The van der Waals surface area contributed by atoms with Crippen LogP contribution in [0.15, 0.2) is 29.3 Å². The zero-order valence-electron chi connectivity index (χ0n) is 15.1. The van der Waals surface area contributed by atoms with Crippen molar-refractivity contribution < 1.29 is 13.2 Å². The number of thiazole rings is 1. The monoisotopic (exact) mass is 384 g/mol. The molecule has 1 aromatic heterocycles. The van der Waals surface area contributed by atoms with Crippen molar-refractivity contribution in [3.63, 3.8) is 0 Å². The number of rotatable bonds is 6. The molecule has 1 heterocycles. The molecule has 0 aliphatic carbocycles. The Bertz CT molecular complexity index is 716. The quantitative estimate of drug-likeness (QED) is 0.583. The van der Waals surface area contributed by atoms with Crippen LogP contribution in [0.2, 0.25) is 0 Å². The molecular formula is C18H23F3N4S. The maximum atomic E-state index is 12.6. The van der Waals surface area contributed by atoms with E-state index in [9.17, 15) is 13.2 Å². The first kappa shape index (κ1) is 20.2. The van der Waals surface area contributed by atoms with Crippen LogP contribution < -0.4 is 10.6 Å². The molecule has 0 unspecified atom stereocenters. The number of aryl methyl sites for hydroxylation is 2. The molecule has 0 bridgehead atoms. The van der Waals surface area contributed by atoms with E-state index in [1.165, 1.54) is 17.0 Å². The number of hydrogen-bond donors (Lipinski definition) is 2. The minimum Gasteiger partial charge on any atom is -0.357 e. The molecule has 8 heteroatoms. The highest BCUT2D eigenvalue weighted by Gasteiger charge is 2.29.